The first-order valence-corrected chi connectivity index (χ1v) is 8.97. The lowest BCUT2D eigenvalue weighted by Crippen LogP contribution is -2.30. The van der Waals surface area contributed by atoms with Gasteiger partial charge in [-0.1, -0.05) is 43.6 Å². The first-order chi connectivity index (χ1) is 12.8. The minimum atomic E-state index is -1.08. The van der Waals surface area contributed by atoms with Crippen molar-refractivity contribution in [2.75, 3.05) is 23.9 Å². The first kappa shape index (κ1) is 19.0. The highest BCUT2D eigenvalue weighted by Crippen LogP contribution is 2.29. The predicted octanol–water partition coefficient (Wildman–Crippen LogP) is 4.26. The van der Waals surface area contributed by atoms with Crippen molar-refractivity contribution in [3.8, 4) is 0 Å². The third-order valence-corrected chi connectivity index (χ3v) is 4.54. The van der Waals surface area contributed by atoms with Crippen LogP contribution in [0.15, 0.2) is 36.5 Å². The van der Waals surface area contributed by atoms with Gasteiger partial charge in [-0.05, 0) is 17.5 Å². The number of imidazole rings is 1. The first-order valence-electron chi connectivity index (χ1n) is 8.59. The average molecular weight is 388 g/mol. The standard InChI is InChI=1S/C19H22ClN5O2/c1-12(2)16-10-21-18-15(9-17(20)22-25(16)18)24(19(26)27)11-13-7-5-6-8-14(13)23(3)4/h5-10,12H,11H2,1-4H3,(H,26,27). The van der Waals surface area contributed by atoms with Gasteiger partial charge in [-0.2, -0.15) is 5.10 Å². The van der Waals surface area contributed by atoms with Crippen molar-refractivity contribution in [2.45, 2.75) is 26.3 Å². The molecule has 0 aliphatic rings. The highest BCUT2D eigenvalue weighted by atomic mass is 35.5. The molecule has 8 heteroatoms. The second-order valence-electron chi connectivity index (χ2n) is 6.82. The molecule has 7 nitrogen and oxygen atoms in total. The van der Waals surface area contributed by atoms with E-state index in [1.807, 2.05) is 57.1 Å². The fourth-order valence-corrected chi connectivity index (χ4v) is 3.22. The lowest BCUT2D eigenvalue weighted by Gasteiger charge is -2.24. The monoisotopic (exact) mass is 387 g/mol. The van der Waals surface area contributed by atoms with Gasteiger partial charge >= 0.3 is 6.09 Å². The van der Waals surface area contributed by atoms with E-state index in [1.54, 1.807) is 16.8 Å². The Hall–Kier alpha value is -2.80. The molecule has 0 aliphatic carbocycles. The second-order valence-corrected chi connectivity index (χ2v) is 7.20. The zero-order chi connectivity index (χ0) is 19.7. The smallest absolute Gasteiger partial charge is 0.412 e. The molecule has 0 radical (unpaired) electrons. The summed E-state index contributed by atoms with van der Waals surface area (Å²) in [4.78, 5) is 19.7. The van der Waals surface area contributed by atoms with E-state index < -0.39 is 6.09 Å². The third kappa shape index (κ3) is 3.68. The van der Waals surface area contributed by atoms with Gasteiger partial charge in [-0.15, -0.1) is 0 Å². The van der Waals surface area contributed by atoms with Crippen molar-refractivity contribution in [3.05, 3.63) is 52.9 Å². The Morgan fingerprint density at radius 1 is 1.26 bits per heavy atom. The Morgan fingerprint density at radius 2 is 1.96 bits per heavy atom. The number of anilines is 2. The number of hydrogen-bond acceptors (Lipinski definition) is 4. The SMILES string of the molecule is CC(C)c1cnc2c(N(Cc3ccccc3N(C)C)C(=O)O)cc(Cl)nn12. The van der Waals surface area contributed by atoms with E-state index in [2.05, 4.69) is 10.1 Å². The lowest BCUT2D eigenvalue weighted by atomic mass is 10.1. The summed E-state index contributed by atoms with van der Waals surface area (Å²) >= 11 is 6.20. The zero-order valence-electron chi connectivity index (χ0n) is 15.7. The summed E-state index contributed by atoms with van der Waals surface area (Å²) in [6.45, 7) is 4.21. The van der Waals surface area contributed by atoms with Gasteiger partial charge in [0.1, 0.15) is 0 Å². The molecule has 0 bridgehead atoms. The van der Waals surface area contributed by atoms with Crippen LogP contribution in [0.4, 0.5) is 16.2 Å². The summed E-state index contributed by atoms with van der Waals surface area (Å²) in [5, 5.41) is 14.4. The van der Waals surface area contributed by atoms with Crippen LogP contribution < -0.4 is 9.80 Å². The summed E-state index contributed by atoms with van der Waals surface area (Å²) in [7, 11) is 3.85. The normalized spacial score (nSPS) is 11.2. The van der Waals surface area contributed by atoms with E-state index in [1.165, 1.54) is 4.90 Å². The molecular formula is C19H22ClN5O2. The molecule has 1 aromatic carbocycles. The van der Waals surface area contributed by atoms with Gasteiger partial charge in [-0.3, -0.25) is 4.90 Å². The lowest BCUT2D eigenvalue weighted by molar-refractivity contribution is 0.201. The van der Waals surface area contributed by atoms with E-state index in [0.717, 1.165) is 16.9 Å². The summed E-state index contributed by atoms with van der Waals surface area (Å²) in [6, 6.07) is 9.23. The molecule has 0 saturated carbocycles. The fraction of sp³-hybridized carbons (Fsp3) is 0.316. The average Bonchev–Trinajstić information content (AvgIpc) is 3.03. The van der Waals surface area contributed by atoms with Crippen molar-refractivity contribution in [3.63, 3.8) is 0 Å². The zero-order valence-corrected chi connectivity index (χ0v) is 16.5. The molecule has 2 heterocycles. The molecule has 3 aromatic rings. The predicted molar refractivity (Wildman–Crippen MR) is 107 cm³/mol. The third-order valence-electron chi connectivity index (χ3n) is 4.36. The Morgan fingerprint density at radius 3 is 2.59 bits per heavy atom. The van der Waals surface area contributed by atoms with Crippen molar-refractivity contribution in [1.82, 2.24) is 14.6 Å². The molecule has 0 aliphatic heterocycles. The minimum absolute atomic E-state index is 0.170. The second kappa shape index (κ2) is 7.44. The summed E-state index contributed by atoms with van der Waals surface area (Å²) in [5.74, 6) is 0.173. The number of amides is 1. The Kier molecular flexibility index (Phi) is 5.23. The van der Waals surface area contributed by atoms with Crippen LogP contribution in [0.5, 0.6) is 0 Å². The molecule has 3 rings (SSSR count). The number of fused-ring (bicyclic) bond motifs is 1. The Bertz CT molecular complexity index is 983. The van der Waals surface area contributed by atoms with Gasteiger partial charge in [0, 0.05) is 25.8 Å². The molecule has 0 atom stereocenters. The number of benzene rings is 1. The van der Waals surface area contributed by atoms with Crippen LogP contribution in [0.3, 0.4) is 0 Å². The number of carboxylic acid groups (broad SMARTS) is 1. The topological polar surface area (TPSA) is 74.0 Å². The molecule has 0 fully saturated rings. The van der Waals surface area contributed by atoms with Crippen LogP contribution in [0.1, 0.15) is 31.0 Å². The van der Waals surface area contributed by atoms with Crippen LogP contribution in [0.2, 0.25) is 5.15 Å². The molecule has 2 aromatic heterocycles. The van der Waals surface area contributed by atoms with Crippen LogP contribution in [-0.2, 0) is 6.54 Å². The fourth-order valence-electron chi connectivity index (χ4n) is 3.04. The molecule has 0 spiro atoms. The van der Waals surface area contributed by atoms with Crippen LogP contribution in [0, 0.1) is 0 Å². The van der Waals surface area contributed by atoms with Crippen molar-refractivity contribution in [1.29, 1.82) is 0 Å². The number of rotatable bonds is 5. The quantitative estimate of drug-likeness (QED) is 0.708. The van der Waals surface area contributed by atoms with Gasteiger partial charge in [0.15, 0.2) is 10.8 Å². The summed E-state index contributed by atoms with van der Waals surface area (Å²) in [6.07, 6.45) is 0.627. The maximum atomic E-state index is 12.1. The van der Waals surface area contributed by atoms with Gasteiger partial charge in [0.05, 0.1) is 24.1 Å². The van der Waals surface area contributed by atoms with Crippen molar-refractivity contribution in [2.24, 2.45) is 0 Å². The molecule has 1 N–H and O–H groups in total. The Balaban J connectivity index is 2.13. The van der Waals surface area contributed by atoms with E-state index in [9.17, 15) is 9.90 Å². The minimum Gasteiger partial charge on any atom is -0.465 e. The molecule has 0 saturated heterocycles. The Labute approximate surface area is 162 Å². The number of carbonyl (C=O) groups is 1. The molecule has 1 amide bonds. The van der Waals surface area contributed by atoms with Crippen LogP contribution in [-0.4, -0.2) is 39.9 Å². The van der Waals surface area contributed by atoms with Crippen molar-refractivity contribution < 1.29 is 9.90 Å². The summed E-state index contributed by atoms with van der Waals surface area (Å²) < 4.78 is 1.62. The maximum absolute atomic E-state index is 12.1. The molecule has 0 unspecified atom stereocenters. The van der Waals surface area contributed by atoms with E-state index in [4.69, 9.17) is 11.6 Å². The maximum Gasteiger partial charge on any atom is 0.412 e. The largest absolute Gasteiger partial charge is 0.465 e. The number of hydrogen-bond donors (Lipinski definition) is 1. The van der Waals surface area contributed by atoms with E-state index >= 15 is 0 Å². The van der Waals surface area contributed by atoms with Gasteiger partial charge in [0.25, 0.3) is 0 Å². The number of aromatic nitrogens is 3. The highest BCUT2D eigenvalue weighted by Gasteiger charge is 2.23. The van der Waals surface area contributed by atoms with Crippen molar-refractivity contribution >= 4 is 34.7 Å². The van der Waals surface area contributed by atoms with Crippen LogP contribution >= 0.6 is 11.6 Å². The molecule has 27 heavy (non-hydrogen) atoms. The van der Waals surface area contributed by atoms with Gasteiger partial charge < -0.3 is 10.0 Å². The number of halogens is 1. The van der Waals surface area contributed by atoms with Crippen LogP contribution in [0.25, 0.3) is 5.65 Å². The van der Waals surface area contributed by atoms with Gasteiger partial charge in [-0.25, -0.2) is 14.3 Å². The summed E-state index contributed by atoms with van der Waals surface area (Å²) in [5.41, 5.74) is 3.57. The van der Waals surface area contributed by atoms with E-state index in [0.29, 0.717) is 11.3 Å². The highest BCUT2D eigenvalue weighted by molar-refractivity contribution is 6.29. The van der Waals surface area contributed by atoms with E-state index in [-0.39, 0.29) is 17.6 Å². The number of para-hydroxylation sites is 1. The van der Waals surface area contributed by atoms with Gasteiger partial charge in [0.2, 0.25) is 0 Å². The molecule has 142 valence electrons. The number of nitrogens with zero attached hydrogens (tertiary/aromatic N) is 5. The molecular weight excluding hydrogens is 366 g/mol.